The SMILES string of the molecule is Cc1ccc(C)c(S(=O)(=O)Nc2ccc(S(=O)(=O)N3C(C)CCCC3C)cc2)c1. The summed E-state index contributed by atoms with van der Waals surface area (Å²) >= 11 is 0. The second-order valence-electron chi connectivity index (χ2n) is 7.86. The molecule has 2 aromatic rings. The fraction of sp³-hybridized carbons (Fsp3) is 0.429. The standard InChI is InChI=1S/C21H28N2O4S2/c1-15-8-9-16(2)21(14-15)28(24,25)22-19-10-12-20(13-11-19)29(26,27)23-17(3)6-5-7-18(23)4/h8-14,17-18,22H,5-7H2,1-4H3. The van der Waals surface area contributed by atoms with Crippen molar-refractivity contribution in [2.75, 3.05) is 4.72 Å². The van der Waals surface area contributed by atoms with E-state index in [-0.39, 0.29) is 21.9 Å². The summed E-state index contributed by atoms with van der Waals surface area (Å²) in [7, 11) is -7.39. The molecule has 1 aliphatic heterocycles. The van der Waals surface area contributed by atoms with Gasteiger partial charge in [-0.1, -0.05) is 18.6 Å². The van der Waals surface area contributed by atoms with Crippen LogP contribution in [0.4, 0.5) is 5.69 Å². The number of nitrogens with one attached hydrogen (secondary N) is 1. The van der Waals surface area contributed by atoms with Crippen molar-refractivity contribution in [2.24, 2.45) is 0 Å². The molecule has 1 fully saturated rings. The molecule has 1 N–H and O–H groups in total. The molecular formula is C21H28N2O4S2. The maximum Gasteiger partial charge on any atom is 0.262 e. The molecular weight excluding hydrogens is 408 g/mol. The van der Waals surface area contributed by atoms with Crippen molar-refractivity contribution in [1.29, 1.82) is 0 Å². The predicted octanol–water partition coefficient (Wildman–Crippen LogP) is 4.06. The monoisotopic (exact) mass is 436 g/mol. The molecule has 29 heavy (non-hydrogen) atoms. The molecule has 0 aliphatic carbocycles. The molecule has 1 saturated heterocycles. The van der Waals surface area contributed by atoms with Gasteiger partial charge in [0.1, 0.15) is 0 Å². The van der Waals surface area contributed by atoms with Crippen LogP contribution in [-0.2, 0) is 20.0 Å². The van der Waals surface area contributed by atoms with Crippen molar-refractivity contribution >= 4 is 25.7 Å². The third kappa shape index (κ3) is 4.49. The van der Waals surface area contributed by atoms with E-state index in [4.69, 9.17) is 0 Å². The first-order valence-electron chi connectivity index (χ1n) is 9.76. The fourth-order valence-corrected chi connectivity index (χ4v) is 7.17. The van der Waals surface area contributed by atoms with Crippen LogP contribution in [0.2, 0.25) is 0 Å². The number of rotatable bonds is 5. The summed E-state index contributed by atoms with van der Waals surface area (Å²) in [4.78, 5) is 0.387. The van der Waals surface area contributed by atoms with E-state index in [1.165, 1.54) is 24.3 Å². The Bertz CT molecular complexity index is 1080. The maximum atomic E-state index is 13.1. The lowest BCUT2D eigenvalue weighted by Gasteiger charge is -2.37. The summed E-state index contributed by atoms with van der Waals surface area (Å²) in [6.45, 7) is 7.44. The van der Waals surface area contributed by atoms with Crippen LogP contribution < -0.4 is 4.72 Å². The van der Waals surface area contributed by atoms with Gasteiger partial charge in [0.15, 0.2) is 0 Å². The number of aryl methyl sites for hydroxylation is 2. The van der Waals surface area contributed by atoms with E-state index in [2.05, 4.69) is 4.72 Å². The highest BCUT2D eigenvalue weighted by Crippen LogP contribution is 2.30. The number of benzene rings is 2. The van der Waals surface area contributed by atoms with Crippen LogP contribution >= 0.6 is 0 Å². The molecule has 1 heterocycles. The second-order valence-corrected chi connectivity index (χ2v) is 11.4. The molecule has 0 saturated carbocycles. The Kier molecular flexibility index (Phi) is 6.08. The van der Waals surface area contributed by atoms with Crippen LogP contribution in [-0.4, -0.2) is 33.2 Å². The van der Waals surface area contributed by atoms with E-state index in [0.29, 0.717) is 11.3 Å². The number of sulfonamides is 2. The van der Waals surface area contributed by atoms with Gasteiger partial charge in [-0.25, -0.2) is 16.8 Å². The summed E-state index contributed by atoms with van der Waals surface area (Å²) in [5.74, 6) is 0. The Morgan fingerprint density at radius 1 is 0.897 bits per heavy atom. The summed E-state index contributed by atoms with van der Waals surface area (Å²) in [6.07, 6.45) is 2.71. The molecule has 6 nitrogen and oxygen atoms in total. The largest absolute Gasteiger partial charge is 0.280 e. The Morgan fingerprint density at radius 3 is 2.07 bits per heavy atom. The second kappa shape index (κ2) is 8.08. The Balaban J connectivity index is 1.86. The van der Waals surface area contributed by atoms with Crippen molar-refractivity contribution in [3.05, 3.63) is 53.6 Å². The molecule has 8 heteroatoms. The summed E-state index contributed by atoms with van der Waals surface area (Å²) < 4.78 is 55.8. The first-order valence-corrected chi connectivity index (χ1v) is 12.7. The predicted molar refractivity (Wildman–Crippen MR) is 115 cm³/mol. The number of anilines is 1. The minimum absolute atomic E-state index is 0.0498. The molecule has 0 amide bonds. The smallest absolute Gasteiger partial charge is 0.262 e. The van der Waals surface area contributed by atoms with E-state index in [1.807, 2.05) is 26.8 Å². The van der Waals surface area contributed by atoms with Gasteiger partial charge in [0.2, 0.25) is 10.0 Å². The Morgan fingerprint density at radius 2 is 1.48 bits per heavy atom. The fourth-order valence-electron chi connectivity index (χ4n) is 3.89. The lowest BCUT2D eigenvalue weighted by Crippen LogP contribution is -2.47. The first-order chi connectivity index (χ1) is 13.5. The lowest BCUT2D eigenvalue weighted by atomic mass is 10.0. The zero-order valence-corrected chi connectivity index (χ0v) is 18.8. The molecule has 0 aromatic heterocycles. The van der Waals surface area contributed by atoms with Crippen molar-refractivity contribution in [3.63, 3.8) is 0 Å². The molecule has 0 spiro atoms. The van der Waals surface area contributed by atoms with E-state index in [1.54, 1.807) is 23.4 Å². The zero-order chi connectivity index (χ0) is 21.4. The van der Waals surface area contributed by atoms with E-state index >= 15 is 0 Å². The van der Waals surface area contributed by atoms with Gasteiger partial charge < -0.3 is 0 Å². The number of hydrogen-bond acceptors (Lipinski definition) is 4. The van der Waals surface area contributed by atoms with Gasteiger partial charge in [-0.15, -0.1) is 0 Å². The Labute approximate surface area is 174 Å². The van der Waals surface area contributed by atoms with E-state index in [0.717, 1.165) is 24.8 Å². The van der Waals surface area contributed by atoms with Gasteiger partial charge in [-0.05, 0) is 82.0 Å². The minimum Gasteiger partial charge on any atom is -0.280 e. The molecule has 1 aliphatic rings. The highest BCUT2D eigenvalue weighted by molar-refractivity contribution is 7.92. The Hall–Kier alpha value is -1.90. The third-order valence-corrected chi connectivity index (χ3v) is 9.09. The molecule has 2 unspecified atom stereocenters. The number of piperidine rings is 1. The van der Waals surface area contributed by atoms with Crippen molar-refractivity contribution in [3.8, 4) is 0 Å². The summed E-state index contributed by atoms with van der Waals surface area (Å²) in [5.41, 5.74) is 1.82. The molecule has 0 radical (unpaired) electrons. The highest BCUT2D eigenvalue weighted by Gasteiger charge is 2.35. The molecule has 158 valence electrons. The first kappa shape index (κ1) is 21.8. The highest BCUT2D eigenvalue weighted by atomic mass is 32.2. The van der Waals surface area contributed by atoms with Gasteiger partial charge in [-0.2, -0.15) is 4.31 Å². The van der Waals surface area contributed by atoms with Gasteiger partial charge >= 0.3 is 0 Å². The average molecular weight is 437 g/mol. The summed E-state index contributed by atoms with van der Waals surface area (Å²) in [5, 5.41) is 0. The quantitative estimate of drug-likeness (QED) is 0.766. The number of hydrogen-bond donors (Lipinski definition) is 1. The van der Waals surface area contributed by atoms with Crippen LogP contribution in [0.25, 0.3) is 0 Å². The van der Waals surface area contributed by atoms with Crippen molar-refractivity contribution in [2.45, 2.75) is 68.8 Å². The van der Waals surface area contributed by atoms with Crippen LogP contribution in [0, 0.1) is 13.8 Å². The molecule has 2 atom stereocenters. The van der Waals surface area contributed by atoms with E-state index < -0.39 is 20.0 Å². The van der Waals surface area contributed by atoms with Crippen LogP contribution in [0.15, 0.2) is 52.3 Å². The lowest BCUT2D eigenvalue weighted by molar-refractivity contribution is 0.204. The van der Waals surface area contributed by atoms with Crippen molar-refractivity contribution in [1.82, 2.24) is 4.31 Å². The summed E-state index contributed by atoms with van der Waals surface area (Å²) in [6, 6.07) is 11.1. The third-order valence-electron chi connectivity index (χ3n) is 5.43. The van der Waals surface area contributed by atoms with Gasteiger partial charge in [0, 0.05) is 17.8 Å². The maximum absolute atomic E-state index is 13.1. The number of nitrogens with zero attached hydrogens (tertiary/aromatic N) is 1. The molecule has 0 bridgehead atoms. The minimum atomic E-state index is -3.76. The van der Waals surface area contributed by atoms with Crippen LogP contribution in [0.5, 0.6) is 0 Å². The van der Waals surface area contributed by atoms with E-state index in [9.17, 15) is 16.8 Å². The van der Waals surface area contributed by atoms with Crippen LogP contribution in [0.1, 0.15) is 44.2 Å². The van der Waals surface area contributed by atoms with Crippen LogP contribution in [0.3, 0.4) is 0 Å². The normalized spacial score (nSPS) is 21.1. The van der Waals surface area contributed by atoms with Gasteiger partial charge in [0.25, 0.3) is 10.0 Å². The average Bonchev–Trinajstić information content (AvgIpc) is 2.63. The molecule has 3 rings (SSSR count). The van der Waals surface area contributed by atoms with Crippen molar-refractivity contribution < 1.29 is 16.8 Å². The van der Waals surface area contributed by atoms with Gasteiger partial charge in [-0.3, -0.25) is 4.72 Å². The zero-order valence-electron chi connectivity index (χ0n) is 17.2. The topological polar surface area (TPSA) is 83.5 Å². The molecule has 2 aromatic carbocycles. The van der Waals surface area contributed by atoms with Gasteiger partial charge in [0.05, 0.1) is 9.79 Å².